The standard InChI is InChI=1S/C14H16BrNOS/c1-10(15)5-4-8-16-14(17)13-9-11-6-2-3-7-12(11)18-13/h2-3,6-7,9-10H,4-5,8H2,1H3,(H,16,17). The van der Waals surface area contributed by atoms with E-state index in [0.717, 1.165) is 34.3 Å². The average molecular weight is 326 g/mol. The molecule has 96 valence electrons. The maximum Gasteiger partial charge on any atom is 0.261 e. The third-order valence-corrected chi connectivity index (χ3v) is 4.29. The molecular weight excluding hydrogens is 310 g/mol. The van der Waals surface area contributed by atoms with Crippen LogP contribution in [-0.2, 0) is 0 Å². The van der Waals surface area contributed by atoms with Crippen molar-refractivity contribution in [1.82, 2.24) is 5.32 Å². The molecule has 0 saturated carbocycles. The fraction of sp³-hybridized carbons (Fsp3) is 0.357. The summed E-state index contributed by atoms with van der Waals surface area (Å²) in [5.41, 5.74) is 0. The summed E-state index contributed by atoms with van der Waals surface area (Å²) in [7, 11) is 0. The van der Waals surface area contributed by atoms with Gasteiger partial charge in [0.05, 0.1) is 4.88 Å². The van der Waals surface area contributed by atoms with Crippen molar-refractivity contribution in [3.05, 3.63) is 35.2 Å². The Morgan fingerprint density at radius 1 is 1.44 bits per heavy atom. The lowest BCUT2D eigenvalue weighted by Crippen LogP contribution is -2.23. The Bertz CT molecular complexity index is 502. The molecule has 2 aromatic rings. The fourth-order valence-corrected chi connectivity index (χ4v) is 3.07. The zero-order valence-corrected chi connectivity index (χ0v) is 12.7. The molecule has 1 atom stereocenters. The number of amides is 1. The van der Waals surface area contributed by atoms with Crippen LogP contribution in [0, 0.1) is 0 Å². The van der Waals surface area contributed by atoms with Crippen LogP contribution in [0.2, 0.25) is 0 Å². The highest BCUT2D eigenvalue weighted by molar-refractivity contribution is 9.09. The van der Waals surface area contributed by atoms with Gasteiger partial charge in [-0.15, -0.1) is 11.3 Å². The van der Waals surface area contributed by atoms with Crippen molar-refractivity contribution in [2.45, 2.75) is 24.6 Å². The van der Waals surface area contributed by atoms with Gasteiger partial charge in [-0.3, -0.25) is 4.79 Å². The average Bonchev–Trinajstić information content (AvgIpc) is 2.78. The molecule has 1 amide bonds. The number of nitrogens with one attached hydrogen (secondary N) is 1. The number of thiophene rings is 1. The Labute approximate surface area is 120 Å². The smallest absolute Gasteiger partial charge is 0.261 e. The van der Waals surface area contributed by atoms with Crippen LogP contribution < -0.4 is 5.32 Å². The largest absolute Gasteiger partial charge is 0.351 e. The highest BCUT2D eigenvalue weighted by atomic mass is 79.9. The van der Waals surface area contributed by atoms with Gasteiger partial charge >= 0.3 is 0 Å². The van der Waals surface area contributed by atoms with Gasteiger partial charge < -0.3 is 5.32 Å². The third kappa shape index (κ3) is 3.56. The Kier molecular flexibility index (Phi) is 4.78. The second-order valence-electron chi connectivity index (χ2n) is 4.33. The summed E-state index contributed by atoms with van der Waals surface area (Å²) in [5, 5.41) is 4.11. The summed E-state index contributed by atoms with van der Waals surface area (Å²) in [5.74, 6) is 0.0402. The molecule has 1 unspecified atom stereocenters. The van der Waals surface area contributed by atoms with Crippen molar-refractivity contribution >= 4 is 43.3 Å². The second kappa shape index (κ2) is 6.34. The Hall–Kier alpha value is -0.870. The molecule has 0 spiro atoms. The first-order valence-corrected chi connectivity index (χ1v) is 7.81. The van der Waals surface area contributed by atoms with Crippen LogP contribution >= 0.6 is 27.3 Å². The van der Waals surface area contributed by atoms with Gasteiger partial charge in [-0.25, -0.2) is 0 Å². The highest BCUT2D eigenvalue weighted by Crippen LogP contribution is 2.24. The normalized spacial score (nSPS) is 12.6. The van der Waals surface area contributed by atoms with Crippen LogP contribution in [0.1, 0.15) is 29.4 Å². The van der Waals surface area contributed by atoms with Crippen molar-refractivity contribution in [3.63, 3.8) is 0 Å². The molecule has 1 N–H and O–H groups in total. The minimum atomic E-state index is 0.0402. The maximum absolute atomic E-state index is 11.9. The molecule has 18 heavy (non-hydrogen) atoms. The van der Waals surface area contributed by atoms with Gasteiger partial charge in [0.15, 0.2) is 0 Å². The van der Waals surface area contributed by atoms with E-state index in [0.29, 0.717) is 4.83 Å². The molecule has 0 bridgehead atoms. The Balaban J connectivity index is 1.92. The SMILES string of the molecule is CC(Br)CCCNC(=O)c1cc2ccccc2s1. The van der Waals surface area contributed by atoms with Crippen molar-refractivity contribution in [1.29, 1.82) is 0 Å². The molecule has 0 saturated heterocycles. The molecule has 2 nitrogen and oxygen atoms in total. The first-order valence-electron chi connectivity index (χ1n) is 6.07. The van der Waals surface area contributed by atoms with Crippen LogP contribution in [0.15, 0.2) is 30.3 Å². The summed E-state index contributed by atoms with van der Waals surface area (Å²) in [6, 6.07) is 10.0. The van der Waals surface area contributed by atoms with Gasteiger partial charge in [-0.1, -0.05) is 41.1 Å². The van der Waals surface area contributed by atoms with Crippen molar-refractivity contribution in [3.8, 4) is 0 Å². The number of hydrogen-bond donors (Lipinski definition) is 1. The third-order valence-electron chi connectivity index (χ3n) is 2.71. The molecule has 1 aromatic carbocycles. The van der Waals surface area contributed by atoms with E-state index in [9.17, 15) is 4.79 Å². The van der Waals surface area contributed by atoms with Gasteiger partial charge in [-0.2, -0.15) is 0 Å². The molecule has 0 radical (unpaired) electrons. The fourth-order valence-electron chi connectivity index (χ4n) is 1.77. The van der Waals surface area contributed by atoms with Crippen molar-refractivity contribution in [2.75, 3.05) is 6.54 Å². The molecule has 0 fully saturated rings. The van der Waals surface area contributed by atoms with Crippen molar-refractivity contribution in [2.24, 2.45) is 0 Å². The number of rotatable bonds is 5. The zero-order chi connectivity index (χ0) is 13.0. The predicted molar refractivity (Wildman–Crippen MR) is 81.8 cm³/mol. The van der Waals surface area contributed by atoms with Gasteiger partial charge in [0, 0.05) is 16.1 Å². The lowest BCUT2D eigenvalue weighted by molar-refractivity contribution is 0.0957. The first kappa shape index (κ1) is 13.6. The van der Waals surface area contributed by atoms with E-state index in [4.69, 9.17) is 0 Å². The lowest BCUT2D eigenvalue weighted by Gasteiger charge is -2.04. The minimum absolute atomic E-state index is 0.0402. The van der Waals surface area contributed by atoms with Crippen LogP contribution in [0.4, 0.5) is 0 Å². The molecule has 1 aromatic heterocycles. The summed E-state index contributed by atoms with van der Waals surface area (Å²) in [4.78, 5) is 13.3. The summed E-state index contributed by atoms with van der Waals surface area (Å²) < 4.78 is 1.16. The van der Waals surface area contributed by atoms with Crippen LogP contribution in [0.3, 0.4) is 0 Å². The first-order chi connectivity index (χ1) is 8.66. The molecule has 2 rings (SSSR count). The molecule has 1 heterocycles. The topological polar surface area (TPSA) is 29.1 Å². The molecule has 0 aliphatic heterocycles. The summed E-state index contributed by atoms with van der Waals surface area (Å²) in [6.45, 7) is 2.86. The summed E-state index contributed by atoms with van der Waals surface area (Å²) in [6.07, 6.45) is 2.08. The zero-order valence-electron chi connectivity index (χ0n) is 10.3. The van der Waals surface area contributed by atoms with Crippen LogP contribution in [0.5, 0.6) is 0 Å². The lowest BCUT2D eigenvalue weighted by atomic mass is 10.2. The predicted octanol–water partition coefficient (Wildman–Crippen LogP) is 4.19. The maximum atomic E-state index is 11.9. The number of hydrogen-bond acceptors (Lipinski definition) is 2. The molecule has 0 aliphatic carbocycles. The van der Waals surface area contributed by atoms with E-state index in [-0.39, 0.29) is 5.91 Å². The number of carbonyl (C=O) groups is 1. The van der Waals surface area contributed by atoms with E-state index in [1.807, 2.05) is 30.3 Å². The Morgan fingerprint density at radius 2 is 2.22 bits per heavy atom. The summed E-state index contributed by atoms with van der Waals surface area (Å²) >= 11 is 5.05. The molecule has 4 heteroatoms. The van der Waals surface area contributed by atoms with Gasteiger partial charge in [0.25, 0.3) is 5.91 Å². The van der Waals surface area contributed by atoms with E-state index in [1.165, 1.54) is 0 Å². The quantitative estimate of drug-likeness (QED) is 0.648. The Morgan fingerprint density at radius 3 is 2.94 bits per heavy atom. The number of alkyl halides is 1. The van der Waals surface area contributed by atoms with Crippen LogP contribution in [0.25, 0.3) is 10.1 Å². The van der Waals surface area contributed by atoms with E-state index < -0.39 is 0 Å². The number of fused-ring (bicyclic) bond motifs is 1. The van der Waals surface area contributed by atoms with E-state index in [2.05, 4.69) is 28.2 Å². The second-order valence-corrected chi connectivity index (χ2v) is 6.97. The molecule has 0 aliphatic rings. The number of benzene rings is 1. The highest BCUT2D eigenvalue weighted by Gasteiger charge is 2.09. The van der Waals surface area contributed by atoms with Crippen LogP contribution in [-0.4, -0.2) is 17.3 Å². The monoisotopic (exact) mass is 325 g/mol. The number of halogens is 1. The van der Waals surface area contributed by atoms with E-state index >= 15 is 0 Å². The molecular formula is C14H16BrNOS. The van der Waals surface area contributed by atoms with Gasteiger partial charge in [0.1, 0.15) is 0 Å². The van der Waals surface area contributed by atoms with Gasteiger partial charge in [-0.05, 0) is 30.4 Å². The minimum Gasteiger partial charge on any atom is -0.351 e. The van der Waals surface area contributed by atoms with E-state index in [1.54, 1.807) is 11.3 Å². The van der Waals surface area contributed by atoms with Gasteiger partial charge in [0.2, 0.25) is 0 Å². The van der Waals surface area contributed by atoms with Crippen molar-refractivity contribution < 1.29 is 4.79 Å². The number of carbonyl (C=O) groups excluding carboxylic acids is 1.